The molecule has 0 unspecified atom stereocenters. The zero-order chi connectivity index (χ0) is 13.1. The fourth-order valence-electron chi connectivity index (χ4n) is 1.43. The maximum atomic E-state index is 12.2. The summed E-state index contributed by atoms with van der Waals surface area (Å²) in [5, 5.41) is 0. The summed E-state index contributed by atoms with van der Waals surface area (Å²) in [6, 6.07) is 3.14. The van der Waals surface area contributed by atoms with E-state index in [2.05, 4.69) is 4.98 Å². The van der Waals surface area contributed by atoms with Crippen LogP contribution in [-0.2, 0) is 10.0 Å². The molecule has 0 radical (unpaired) electrons. The number of pyridine rings is 1. The molecule has 0 aliphatic rings. The minimum absolute atomic E-state index is 0.204. The van der Waals surface area contributed by atoms with Gasteiger partial charge in [0, 0.05) is 26.0 Å². The third-order valence-corrected chi connectivity index (χ3v) is 4.33. The second-order valence-electron chi connectivity index (χ2n) is 4.82. The maximum Gasteiger partial charge on any atom is 0.244 e. The molecule has 0 aliphatic carbocycles. The molecular weight excluding hydrogens is 238 g/mol. The smallest absolute Gasteiger partial charge is 0.244 e. The van der Waals surface area contributed by atoms with Crippen LogP contribution in [-0.4, -0.2) is 37.8 Å². The van der Waals surface area contributed by atoms with Crippen LogP contribution in [0.4, 0.5) is 0 Å². The summed E-state index contributed by atoms with van der Waals surface area (Å²) in [6.45, 7) is 4.67. The van der Waals surface area contributed by atoms with E-state index in [0.717, 1.165) is 0 Å². The zero-order valence-corrected chi connectivity index (χ0v) is 11.2. The van der Waals surface area contributed by atoms with Gasteiger partial charge in [-0.25, -0.2) is 12.7 Å². The average molecular weight is 257 g/mol. The Morgan fingerprint density at radius 1 is 1.47 bits per heavy atom. The molecule has 0 spiro atoms. The van der Waals surface area contributed by atoms with Crippen molar-refractivity contribution in [1.29, 1.82) is 0 Å². The lowest BCUT2D eigenvalue weighted by Gasteiger charge is -2.28. The number of hydrogen-bond acceptors (Lipinski definition) is 4. The molecule has 17 heavy (non-hydrogen) atoms. The molecule has 1 aromatic heterocycles. The summed E-state index contributed by atoms with van der Waals surface area (Å²) in [5.74, 6) is 0. The Labute approximate surface area is 103 Å². The number of nitrogens with zero attached hydrogens (tertiary/aromatic N) is 2. The number of hydrogen-bond donors (Lipinski definition) is 1. The van der Waals surface area contributed by atoms with Gasteiger partial charge in [-0.15, -0.1) is 0 Å². The minimum atomic E-state index is -3.47. The summed E-state index contributed by atoms with van der Waals surface area (Å²) in [4.78, 5) is 4.02. The van der Waals surface area contributed by atoms with Crippen molar-refractivity contribution < 1.29 is 8.42 Å². The molecule has 0 saturated heterocycles. The highest BCUT2D eigenvalue weighted by atomic mass is 32.2. The SMILES string of the molecule is CN(CC(C)(C)CN)S(=O)(=O)c1cccnc1. The normalized spacial score (nSPS) is 13.0. The van der Waals surface area contributed by atoms with Crippen LogP contribution in [0, 0.1) is 5.41 Å². The summed E-state index contributed by atoms with van der Waals surface area (Å²) >= 11 is 0. The molecule has 0 amide bonds. The highest BCUT2D eigenvalue weighted by Gasteiger charge is 2.27. The van der Waals surface area contributed by atoms with Crippen molar-refractivity contribution in [2.45, 2.75) is 18.7 Å². The van der Waals surface area contributed by atoms with Crippen molar-refractivity contribution in [1.82, 2.24) is 9.29 Å². The third kappa shape index (κ3) is 3.49. The molecule has 0 aromatic carbocycles. The van der Waals surface area contributed by atoms with E-state index in [0.29, 0.717) is 13.1 Å². The van der Waals surface area contributed by atoms with Gasteiger partial charge in [0.05, 0.1) is 0 Å². The molecule has 0 aliphatic heterocycles. The molecule has 6 heteroatoms. The van der Waals surface area contributed by atoms with Gasteiger partial charge in [-0.2, -0.15) is 0 Å². The first-order valence-electron chi connectivity index (χ1n) is 5.36. The molecule has 0 saturated carbocycles. The van der Waals surface area contributed by atoms with Crippen LogP contribution in [0.25, 0.3) is 0 Å². The number of rotatable bonds is 5. The van der Waals surface area contributed by atoms with E-state index in [4.69, 9.17) is 5.73 Å². The molecule has 0 atom stereocenters. The molecule has 96 valence electrons. The summed E-state index contributed by atoms with van der Waals surface area (Å²) in [7, 11) is -1.91. The molecule has 1 heterocycles. The van der Waals surface area contributed by atoms with Gasteiger partial charge in [0.25, 0.3) is 0 Å². The summed E-state index contributed by atoms with van der Waals surface area (Å²) in [6.07, 6.45) is 2.89. The van der Waals surface area contributed by atoms with E-state index in [1.807, 2.05) is 13.8 Å². The maximum absolute atomic E-state index is 12.2. The van der Waals surface area contributed by atoms with E-state index < -0.39 is 10.0 Å². The van der Waals surface area contributed by atoms with Gasteiger partial charge in [0.2, 0.25) is 10.0 Å². The second kappa shape index (κ2) is 5.12. The lowest BCUT2D eigenvalue weighted by molar-refractivity contribution is 0.292. The number of sulfonamides is 1. The largest absolute Gasteiger partial charge is 0.330 e. The standard InChI is InChI=1S/C11H19N3O2S/c1-11(2,8-12)9-14(3)17(15,16)10-5-4-6-13-7-10/h4-7H,8-9,12H2,1-3H3. The monoisotopic (exact) mass is 257 g/mol. The van der Waals surface area contributed by atoms with Crippen LogP contribution in [0.1, 0.15) is 13.8 Å². The molecule has 0 bridgehead atoms. The molecule has 5 nitrogen and oxygen atoms in total. The predicted molar refractivity (Wildman–Crippen MR) is 66.9 cm³/mol. The molecule has 0 fully saturated rings. The Morgan fingerprint density at radius 3 is 2.59 bits per heavy atom. The van der Waals surface area contributed by atoms with Crippen LogP contribution >= 0.6 is 0 Å². The average Bonchev–Trinajstić information content (AvgIpc) is 2.29. The van der Waals surface area contributed by atoms with Crippen molar-refractivity contribution in [2.24, 2.45) is 11.1 Å². The number of aromatic nitrogens is 1. The van der Waals surface area contributed by atoms with Crippen molar-refractivity contribution in [2.75, 3.05) is 20.1 Å². The second-order valence-corrected chi connectivity index (χ2v) is 6.86. The van der Waals surface area contributed by atoms with Crippen LogP contribution in [0.3, 0.4) is 0 Å². The Hall–Kier alpha value is -0.980. The van der Waals surface area contributed by atoms with Crippen molar-refractivity contribution in [3.8, 4) is 0 Å². The highest BCUT2D eigenvalue weighted by Crippen LogP contribution is 2.19. The van der Waals surface area contributed by atoms with Gasteiger partial charge in [0.1, 0.15) is 4.90 Å². The minimum Gasteiger partial charge on any atom is -0.330 e. The Morgan fingerprint density at radius 2 is 2.12 bits per heavy atom. The Bertz CT molecular complexity index is 457. The first-order chi connectivity index (χ1) is 7.79. The van der Waals surface area contributed by atoms with Gasteiger partial charge in [-0.1, -0.05) is 13.8 Å². The first kappa shape index (κ1) is 14.1. The molecule has 2 N–H and O–H groups in total. The van der Waals surface area contributed by atoms with Crippen LogP contribution in [0.15, 0.2) is 29.4 Å². The lowest BCUT2D eigenvalue weighted by Crippen LogP contribution is -2.39. The van der Waals surface area contributed by atoms with E-state index in [1.54, 1.807) is 19.3 Å². The van der Waals surface area contributed by atoms with E-state index in [9.17, 15) is 8.42 Å². The van der Waals surface area contributed by atoms with E-state index in [-0.39, 0.29) is 10.3 Å². The molecule has 1 aromatic rings. The van der Waals surface area contributed by atoms with E-state index in [1.165, 1.54) is 16.6 Å². The Balaban J connectivity index is 2.93. The van der Waals surface area contributed by atoms with Gasteiger partial charge < -0.3 is 5.73 Å². The van der Waals surface area contributed by atoms with Crippen molar-refractivity contribution >= 4 is 10.0 Å². The van der Waals surface area contributed by atoms with Gasteiger partial charge >= 0.3 is 0 Å². The fourth-order valence-corrected chi connectivity index (χ4v) is 2.76. The van der Waals surface area contributed by atoms with Crippen molar-refractivity contribution in [3.05, 3.63) is 24.5 Å². The zero-order valence-electron chi connectivity index (χ0n) is 10.4. The topological polar surface area (TPSA) is 76.3 Å². The summed E-state index contributed by atoms with van der Waals surface area (Å²) < 4.78 is 25.7. The highest BCUT2D eigenvalue weighted by molar-refractivity contribution is 7.89. The van der Waals surface area contributed by atoms with E-state index >= 15 is 0 Å². The quantitative estimate of drug-likeness (QED) is 0.842. The number of nitrogens with two attached hydrogens (primary N) is 1. The van der Waals surface area contributed by atoms with Crippen molar-refractivity contribution in [3.63, 3.8) is 0 Å². The summed E-state index contributed by atoms with van der Waals surface area (Å²) in [5.41, 5.74) is 5.36. The first-order valence-corrected chi connectivity index (χ1v) is 6.80. The predicted octanol–water partition coefficient (Wildman–Crippen LogP) is 0.687. The van der Waals surface area contributed by atoms with Crippen LogP contribution in [0.2, 0.25) is 0 Å². The van der Waals surface area contributed by atoms with Gasteiger partial charge in [-0.3, -0.25) is 4.98 Å². The van der Waals surface area contributed by atoms with Crippen LogP contribution < -0.4 is 5.73 Å². The third-order valence-electron chi connectivity index (χ3n) is 2.55. The Kier molecular flexibility index (Phi) is 4.24. The molecular formula is C11H19N3O2S. The lowest BCUT2D eigenvalue weighted by atomic mass is 9.94. The van der Waals surface area contributed by atoms with Gasteiger partial charge in [-0.05, 0) is 24.1 Å². The fraction of sp³-hybridized carbons (Fsp3) is 0.545. The van der Waals surface area contributed by atoms with Gasteiger partial charge in [0.15, 0.2) is 0 Å². The van der Waals surface area contributed by atoms with Crippen LogP contribution in [0.5, 0.6) is 0 Å². The molecule has 1 rings (SSSR count).